The second-order valence-corrected chi connectivity index (χ2v) is 3.94. The first-order valence-electron chi connectivity index (χ1n) is 3.20. The summed E-state index contributed by atoms with van der Waals surface area (Å²) in [5.74, 6) is 0. The Kier molecular flexibility index (Phi) is 3.56. The van der Waals surface area contributed by atoms with Crippen LogP contribution in [0, 0.1) is 0 Å². The lowest BCUT2D eigenvalue weighted by molar-refractivity contribution is -0.111. The number of halogens is 3. The molecule has 4 heteroatoms. The van der Waals surface area contributed by atoms with Crippen LogP contribution < -0.4 is 0 Å². The number of benzene rings is 1. The summed E-state index contributed by atoms with van der Waals surface area (Å²) in [6.07, 6.45) is 0. The Morgan fingerprint density at radius 1 is 1.33 bits per heavy atom. The maximum absolute atomic E-state index is 10.7. The molecule has 0 amide bonds. The van der Waals surface area contributed by atoms with Crippen LogP contribution >= 0.6 is 39.1 Å². The van der Waals surface area contributed by atoms with Gasteiger partial charge in [0.2, 0.25) is 5.24 Å². The standard InChI is InChI=1S/C8H5BrCl2O/c9-7(8(11)12)5-1-3-6(10)4-2-5/h1-4,7H/t7-/m0/s1. The Hall–Kier alpha value is -0.0500. The highest BCUT2D eigenvalue weighted by Gasteiger charge is 2.13. The van der Waals surface area contributed by atoms with Crippen LogP contribution in [0.25, 0.3) is 0 Å². The van der Waals surface area contributed by atoms with Gasteiger partial charge >= 0.3 is 0 Å². The average molecular weight is 268 g/mol. The van der Waals surface area contributed by atoms with E-state index in [9.17, 15) is 4.79 Å². The number of rotatable bonds is 2. The van der Waals surface area contributed by atoms with Gasteiger partial charge in [-0.1, -0.05) is 39.7 Å². The zero-order valence-corrected chi connectivity index (χ0v) is 9.03. The molecule has 12 heavy (non-hydrogen) atoms. The first-order chi connectivity index (χ1) is 5.61. The molecule has 0 aliphatic rings. The molecule has 0 unspecified atom stereocenters. The summed E-state index contributed by atoms with van der Waals surface area (Å²) in [5, 5.41) is 0.206. The molecule has 0 heterocycles. The largest absolute Gasteiger partial charge is 0.280 e. The lowest BCUT2D eigenvalue weighted by Crippen LogP contribution is -1.97. The van der Waals surface area contributed by atoms with E-state index in [1.807, 2.05) is 0 Å². The number of carbonyl (C=O) groups excluding carboxylic acids is 1. The summed E-state index contributed by atoms with van der Waals surface area (Å²) < 4.78 is 0. The summed E-state index contributed by atoms with van der Waals surface area (Å²) >= 11 is 14.1. The molecule has 1 nitrogen and oxygen atoms in total. The fourth-order valence-corrected chi connectivity index (χ4v) is 1.32. The Morgan fingerprint density at radius 2 is 1.83 bits per heavy atom. The molecule has 1 rings (SSSR count). The van der Waals surface area contributed by atoms with E-state index in [1.165, 1.54) is 0 Å². The third-order valence-electron chi connectivity index (χ3n) is 1.36. The molecule has 0 bridgehead atoms. The van der Waals surface area contributed by atoms with Gasteiger partial charge in [0.05, 0.1) is 0 Å². The minimum Gasteiger partial charge on any atom is -0.280 e. The normalized spacial score (nSPS) is 12.6. The van der Waals surface area contributed by atoms with Crippen LogP contribution in [0.2, 0.25) is 5.02 Å². The minimum atomic E-state index is -0.448. The van der Waals surface area contributed by atoms with Crippen LogP contribution in [0.15, 0.2) is 24.3 Å². The zero-order valence-electron chi connectivity index (χ0n) is 5.93. The van der Waals surface area contributed by atoms with Crippen LogP contribution in [0.3, 0.4) is 0 Å². The first-order valence-corrected chi connectivity index (χ1v) is 4.87. The van der Waals surface area contributed by atoms with Crippen LogP contribution in [0.4, 0.5) is 0 Å². The maximum atomic E-state index is 10.7. The van der Waals surface area contributed by atoms with Gasteiger partial charge in [0.25, 0.3) is 0 Å². The van der Waals surface area contributed by atoms with Crippen molar-refractivity contribution in [3.8, 4) is 0 Å². The van der Waals surface area contributed by atoms with E-state index in [0.717, 1.165) is 5.56 Å². The third-order valence-corrected chi connectivity index (χ3v) is 3.04. The highest BCUT2D eigenvalue weighted by Crippen LogP contribution is 2.26. The van der Waals surface area contributed by atoms with Crippen molar-refractivity contribution in [3.63, 3.8) is 0 Å². The third kappa shape index (κ3) is 2.47. The zero-order chi connectivity index (χ0) is 9.14. The average Bonchev–Trinajstić information content (AvgIpc) is 2.04. The lowest BCUT2D eigenvalue weighted by atomic mass is 10.2. The maximum Gasteiger partial charge on any atom is 0.239 e. The van der Waals surface area contributed by atoms with Gasteiger partial charge in [-0.3, -0.25) is 4.79 Å². The van der Waals surface area contributed by atoms with Gasteiger partial charge < -0.3 is 0 Å². The molecule has 1 aromatic carbocycles. The van der Waals surface area contributed by atoms with Crippen LogP contribution in [-0.4, -0.2) is 5.24 Å². The molecule has 0 saturated carbocycles. The number of hydrogen-bond acceptors (Lipinski definition) is 1. The lowest BCUT2D eigenvalue weighted by Gasteiger charge is -2.03. The summed E-state index contributed by atoms with van der Waals surface area (Å²) in [5.41, 5.74) is 0.805. The highest BCUT2D eigenvalue weighted by molar-refractivity contribution is 9.09. The van der Waals surface area contributed by atoms with Crippen molar-refractivity contribution in [2.45, 2.75) is 4.83 Å². The fraction of sp³-hybridized carbons (Fsp3) is 0.125. The van der Waals surface area contributed by atoms with Crippen molar-refractivity contribution in [2.24, 2.45) is 0 Å². The molecule has 0 aromatic heterocycles. The predicted octanol–water partition coefficient (Wildman–Crippen LogP) is 3.54. The second kappa shape index (κ2) is 4.26. The molecule has 0 radical (unpaired) electrons. The summed E-state index contributed by atoms with van der Waals surface area (Å²) in [7, 11) is 0. The smallest absolute Gasteiger partial charge is 0.239 e. The highest BCUT2D eigenvalue weighted by atomic mass is 79.9. The van der Waals surface area contributed by atoms with Crippen LogP contribution in [-0.2, 0) is 4.79 Å². The second-order valence-electron chi connectivity index (χ2n) is 2.22. The molecule has 0 N–H and O–H groups in total. The molecule has 0 fully saturated rings. The SMILES string of the molecule is O=C(Cl)[C@@H](Br)c1ccc(Cl)cc1. The van der Waals surface area contributed by atoms with Crippen molar-refractivity contribution < 1.29 is 4.79 Å². The van der Waals surface area contributed by atoms with Gasteiger partial charge in [0.1, 0.15) is 4.83 Å². The molecule has 1 aromatic rings. The van der Waals surface area contributed by atoms with Crippen molar-refractivity contribution >= 4 is 44.4 Å². The molecule has 1 atom stereocenters. The van der Waals surface area contributed by atoms with Gasteiger partial charge in [0, 0.05) is 5.02 Å². The van der Waals surface area contributed by atoms with Gasteiger partial charge in [0.15, 0.2) is 0 Å². The van der Waals surface area contributed by atoms with Crippen molar-refractivity contribution in [3.05, 3.63) is 34.9 Å². The van der Waals surface area contributed by atoms with Crippen LogP contribution in [0.1, 0.15) is 10.4 Å². The summed E-state index contributed by atoms with van der Waals surface area (Å²) in [6, 6.07) is 6.93. The number of hydrogen-bond donors (Lipinski definition) is 0. The molecule has 0 aliphatic heterocycles. The van der Waals surface area contributed by atoms with E-state index in [2.05, 4.69) is 15.9 Å². The van der Waals surface area contributed by atoms with Gasteiger partial charge in [-0.25, -0.2) is 0 Å². The van der Waals surface area contributed by atoms with Gasteiger partial charge in [-0.15, -0.1) is 0 Å². The monoisotopic (exact) mass is 266 g/mol. The Labute approximate surface area is 88.8 Å². The van der Waals surface area contributed by atoms with Crippen molar-refractivity contribution in [1.82, 2.24) is 0 Å². The van der Waals surface area contributed by atoms with E-state index in [0.29, 0.717) is 5.02 Å². The first kappa shape index (κ1) is 10.0. The Morgan fingerprint density at radius 3 is 2.25 bits per heavy atom. The minimum absolute atomic E-state index is 0.433. The van der Waals surface area contributed by atoms with E-state index >= 15 is 0 Å². The van der Waals surface area contributed by atoms with Crippen molar-refractivity contribution in [1.29, 1.82) is 0 Å². The van der Waals surface area contributed by atoms with E-state index < -0.39 is 10.1 Å². The number of carbonyl (C=O) groups is 1. The molecular weight excluding hydrogens is 263 g/mol. The Balaban J connectivity index is 2.89. The van der Waals surface area contributed by atoms with E-state index in [1.54, 1.807) is 24.3 Å². The summed E-state index contributed by atoms with van der Waals surface area (Å²) in [6.45, 7) is 0. The van der Waals surface area contributed by atoms with Gasteiger partial charge in [-0.05, 0) is 29.3 Å². The molecule has 0 aliphatic carbocycles. The van der Waals surface area contributed by atoms with Crippen LogP contribution in [0.5, 0.6) is 0 Å². The number of alkyl halides is 1. The summed E-state index contributed by atoms with van der Waals surface area (Å²) in [4.78, 5) is 10.3. The Bertz CT molecular complexity index is 284. The molecule has 0 saturated heterocycles. The van der Waals surface area contributed by atoms with E-state index in [-0.39, 0.29) is 0 Å². The van der Waals surface area contributed by atoms with E-state index in [4.69, 9.17) is 23.2 Å². The van der Waals surface area contributed by atoms with Gasteiger partial charge in [-0.2, -0.15) is 0 Å². The molecule has 64 valence electrons. The molecular formula is C8H5BrCl2O. The fourth-order valence-electron chi connectivity index (χ4n) is 0.763. The molecule has 0 spiro atoms. The quantitative estimate of drug-likeness (QED) is 0.592. The van der Waals surface area contributed by atoms with Crippen molar-refractivity contribution in [2.75, 3.05) is 0 Å². The predicted molar refractivity (Wildman–Crippen MR) is 54.0 cm³/mol. The topological polar surface area (TPSA) is 17.1 Å².